The van der Waals surface area contributed by atoms with Crippen molar-refractivity contribution in [2.45, 2.75) is 0 Å². The van der Waals surface area contributed by atoms with Crippen LogP contribution in [0.15, 0.2) is 15.9 Å². The molecule has 0 aromatic carbocycles. The van der Waals surface area contributed by atoms with Crippen LogP contribution in [0, 0.1) is 0 Å². The van der Waals surface area contributed by atoms with Crippen molar-refractivity contribution in [1.82, 2.24) is 14.5 Å². The number of nitrogens with zero attached hydrogens (tertiary/aromatic N) is 3. The van der Waals surface area contributed by atoms with Crippen LogP contribution in [0.25, 0.3) is 0 Å². The number of carbonyl (C=O) groups is 1. The second kappa shape index (κ2) is 2.95. The summed E-state index contributed by atoms with van der Waals surface area (Å²) in [5, 5.41) is 0. The molecule has 70 valence electrons. The highest BCUT2D eigenvalue weighted by Crippen LogP contribution is 2.20. The van der Waals surface area contributed by atoms with E-state index < -0.39 is 0 Å². The maximum absolute atomic E-state index is 11.4. The van der Waals surface area contributed by atoms with Crippen LogP contribution >= 0.6 is 12.1 Å². The summed E-state index contributed by atoms with van der Waals surface area (Å²) in [7, 11) is 3.64. The van der Waals surface area contributed by atoms with E-state index in [1.165, 1.54) is 12.1 Å². The Balaban J connectivity index is 2.41. The topological polar surface area (TPSA) is 47.9 Å². The Morgan fingerprint density at radius 3 is 3.15 bits per heavy atom. The van der Waals surface area contributed by atoms with Crippen molar-refractivity contribution in [3.05, 3.63) is 11.5 Å². The van der Waals surface area contributed by atoms with E-state index in [9.17, 15) is 4.79 Å². The largest absolute Gasteiger partial charge is 0.350 e. The van der Waals surface area contributed by atoms with Crippen LogP contribution in [0.1, 0.15) is 0 Å². The third-order valence-electron chi connectivity index (χ3n) is 2.10. The normalized spacial score (nSPS) is 21.8. The Labute approximate surface area is 80.7 Å². The monoisotopic (exact) mass is 198 g/mol. The molecule has 13 heavy (non-hydrogen) atoms. The van der Waals surface area contributed by atoms with Crippen LogP contribution < -0.4 is 4.72 Å². The van der Waals surface area contributed by atoms with Gasteiger partial charge in [0, 0.05) is 14.1 Å². The molecule has 0 saturated carbocycles. The van der Waals surface area contributed by atoms with E-state index in [1.807, 2.05) is 11.9 Å². The molecule has 6 heteroatoms. The van der Waals surface area contributed by atoms with Crippen molar-refractivity contribution in [2.24, 2.45) is 4.40 Å². The minimum absolute atomic E-state index is 0.0846. The summed E-state index contributed by atoms with van der Waals surface area (Å²) in [4.78, 5) is 14.9. The second-order valence-electron chi connectivity index (χ2n) is 2.97. The molecule has 2 heterocycles. The molecule has 0 radical (unpaired) electrons. The molecule has 2 aliphatic heterocycles. The fraction of sp³-hybridized carbons (Fsp3) is 0.429. The predicted octanol–water partition coefficient (Wildman–Crippen LogP) is -0.203. The molecule has 5 nitrogen and oxygen atoms in total. The number of amides is 1. The molecule has 0 aliphatic carbocycles. The quantitative estimate of drug-likeness (QED) is 0.547. The zero-order valence-corrected chi connectivity index (χ0v) is 8.26. The molecule has 1 N–H and O–H groups in total. The number of carbonyl (C=O) groups excluding carboxylic acids is 1. The molecular weight excluding hydrogens is 188 g/mol. The van der Waals surface area contributed by atoms with E-state index in [1.54, 1.807) is 18.2 Å². The molecule has 0 aromatic heterocycles. The van der Waals surface area contributed by atoms with Gasteiger partial charge in [0.2, 0.25) is 5.91 Å². The van der Waals surface area contributed by atoms with E-state index in [0.717, 1.165) is 11.5 Å². The van der Waals surface area contributed by atoms with Crippen LogP contribution in [0.3, 0.4) is 0 Å². The number of rotatable bonds is 0. The molecule has 0 atom stereocenters. The number of hydrogen-bond acceptors (Lipinski definition) is 5. The van der Waals surface area contributed by atoms with Crippen LogP contribution in [0.4, 0.5) is 0 Å². The Morgan fingerprint density at radius 2 is 2.38 bits per heavy atom. The van der Waals surface area contributed by atoms with E-state index in [-0.39, 0.29) is 5.91 Å². The third-order valence-corrected chi connectivity index (χ3v) is 2.60. The smallest absolute Gasteiger partial charge is 0.246 e. The molecule has 1 amide bonds. The molecule has 0 spiro atoms. The van der Waals surface area contributed by atoms with Gasteiger partial charge in [-0.05, 0) is 0 Å². The predicted molar refractivity (Wildman–Crippen MR) is 51.6 cm³/mol. The van der Waals surface area contributed by atoms with Gasteiger partial charge in [0.05, 0.1) is 24.9 Å². The van der Waals surface area contributed by atoms with Crippen LogP contribution in [0.2, 0.25) is 0 Å². The minimum Gasteiger partial charge on any atom is -0.350 e. The van der Waals surface area contributed by atoms with Gasteiger partial charge in [-0.15, -0.1) is 0 Å². The lowest BCUT2D eigenvalue weighted by atomic mass is 10.3. The van der Waals surface area contributed by atoms with Gasteiger partial charge < -0.3 is 9.80 Å². The van der Waals surface area contributed by atoms with Gasteiger partial charge in [-0.1, -0.05) is 0 Å². The van der Waals surface area contributed by atoms with E-state index in [0.29, 0.717) is 6.54 Å². The third kappa shape index (κ3) is 1.27. The van der Waals surface area contributed by atoms with Gasteiger partial charge in [-0.2, -0.15) is 0 Å². The lowest BCUT2D eigenvalue weighted by molar-refractivity contribution is -0.129. The number of likely N-dealkylation sites (N-methyl/N-ethyl adjacent to an activating group) is 2. The van der Waals surface area contributed by atoms with Crippen LogP contribution in [-0.2, 0) is 4.79 Å². The molecule has 0 bridgehead atoms. The fourth-order valence-electron chi connectivity index (χ4n) is 1.30. The van der Waals surface area contributed by atoms with E-state index >= 15 is 0 Å². The summed E-state index contributed by atoms with van der Waals surface area (Å²) < 4.78 is 7.04. The molecule has 0 aromatic rings. The standard InChI is InChI=1S/C7H10N4OS/c1-10-4-6(12)11(2)5-3-8-13-9-7(5)10/h3,9H,4H2,1-2H3. The number of allylic oxidation sites excluding steroid dienone is 1. The van der Waals surface area contributed by atoms with Gasteiger partial charge >= 0.3 is 0 Å². The summed E-state index contributed by atoms with van der Waals surface area (Å²) in [6.07, 6.45) is 1.70. The van der Waals surface area contributed by atoms with Gasteiger partial charge in [0.1, 0.15) is 11.5 Å². The molecule has 2 aliphatic rings. The Hall–Kier alpha value is -1.17. The second-order valence-corrected chi connectivity index (χ2v) is 3.57. The van der Waals surface area contributed by atoms with Crippen molar-refractivity contribution >= 4 is 24.3 Å². The van der Waals surface area contributed by atoms with Crippen molar-refractivity contribution < 1.29 is 4.79 Å². The Kier molecular flexibility index (Phi) is 1.91. The summed E-state index contributed by atoms with van der Waals surface area (Å²) >= 11 is 1.27. The molecular formula is C7H10N4OS. The van der Waals surface area contributed by atoms with Crippen LogP contribution in [0.5, 0.6) is 0 Å². The summed E-state index contributed by atoms with van der Waals surface area (Å²) in [5.41, 5.74) is 0.831. The Bertz CT molecular complexity index is 312. The van der Waals surface area contributed by atoms with E-state index in [2.05, 4.69) is 9.12 Å². The molecule has 0 unspecified atom stereocenters. The maximum Gasteiger partial charge on any atom is 0.246 e. The van der Waals surface area contributed by atoms with Gasteiger partial charge in [0.25, 0.3) is 0 Å². The first-order valence-electron chi connectivity index (χ1n) is 3.87. The highest BCUT2D eigenvalue weighted by atomic mass is 32.2. The van der Waals surface area contributed by atoms with Crippen molar-refractivity contribution in [3.63, 3.8) is 0 Å². The average Bonchev–Trinajstić information content (AvgIpc) is 2.15. The van der Waals surface area contributed by atoms with Gasteiger partial charge in [-0.25, -0.2) is 4.40 Å². The average molecular weight is 198 g/mol. The van der Waals surface area contributed by atoms with Crippen LogP contribution in [-0.4, -0.2) is 42.6 Å². The zero-order chi connectivity index (χ0) is 9.42. The lowest BCUT2D eigenvalue weighted by Crippen LogP contribution is -2.46. The first kappa shape index (κ1) is 8.43. The lowest BCUT2D eigenvalue weighted by Gasteiger charge is -2.34. The highest BCUT2D eigenvalue weighted by Gasteiger charge is 2.27. The number of nitrogens with one attached hydrogen (secondary N) is 1. The SMILES string of the molecule is CN1CC(=O)N(C)C2=C1NSN=C2. The van der Waals surface area contributed by atoms with Crippen molar-refractivity contribution in [1.29, 1.82) is 0 Å². The zero-order valence-electron chi connectivity index (χ0n) is 7.44. The molecule has 2 rings (SSSR count). The highest BCUT2D eigenvalue weighted by molar-refractivity contribution is 7.96. The van der Waals surface area contributed by atoms with Gasteiger partial charge in [-0.3, -0.25) is 9.52 Å². The maximum atomic E-state index is 11.4. The number of hydrogen-bond donors (Lipinski definition) is 1. The Morgan fingerprint density at radius 1 is 1.62 bits per heavy atom. The minimum atomic E-state index is 0.0846. The summed E-state index contributed by atoms with van der Waals surface area (Å²) in [6.45, 7) is 0.413. The molecule has 0 saturated heterocycles. The fourth-order valence-corrected chi connectivity index (χ4v) is 1.85. The van der Waals surface area contributed by atoms with E-state index in [4.69, 9.17) is 0 Å². The summed E-state index contributed by atoms with van der Waals surface area (Å²) in [6, 6.07) is 0. The summed E-state index contributed by atoms with van der Waals surface area (Å²) in [5.74, 6) is 1.03. The first-order valence-corrected chi connectivity index (χ1v) is 4.65. The molecule has 0 fully saturated rings. The van der Waals surface area contributed by atoms with Crippen molar-refractivity contribution in [2.75, 3.05) is 20.6 Å². The first-order chi connectivity index (χ1) is 6.20. The van der Waals surface area contributed by atoms with Gasteiger partial charge in [0.15, 0.2) is 0 Å². The van der Waals surface area contributed by atoms with Crippen molar-refractivity contribution in [3.8, 4) is 0 Å².